The molecule has 1 spiro atoms. The van der Waals surface area contributed by atoms with Crippen molar-refractivity contribution in [3.05, 3.63) is 48.3 Å². The Hall–Kier alpha value is -2.61. The number of anilines is 2. The van der Waals surface area contributed by atoms with E-state index in [1.807, 2.05) is 11.9 Å². The number of carbonyl (C=O) groups is 1. The first-order chi connectivity index (χ1) is 12.5. The summed E-state index contributed by atoms with van der Waals surface area (Å²) in [6, 6.07) is 6.10. The summed E-state index contributed by atoms with van der Waals surface area (Å²) in [7, 11) is 1.93. The van der Waals surface area contributed by atoms with Gasteiger partial charge >= 0.3 is 0 Å². The van der Waals surface area contributed by atoms with Crippen molar-refractivity contribution in [1.82, 2.24) is 14.9 Å². The highest BCUT2D eigenvalue weighted by Gasteiger charge is 2.48. The Morgan fingerprint density at radius 3 is 2.62 bits per heavy atom. The van der Waals surface area contributed by atoms with Gasteiger partial charge in [0, 0.05) is 25.3 Å². The number of hydrogen-bond donors (Lipinski definition) is 0. The predicted molar refractivity (Wildman–Crippen MR) is 92.9 cm³/mol. The summed E-state index contributed by atoms with van der Waals surface area (Å²) < 4.78 is 26.7. The number of amides is 1. The van der Waals surface area contributed by atoms with Crippen molar-refractivity contribution in [2.75, 3.05) is 43.0 Å². The molecule has 0 unspecified atom stereocenters. The lowest BCUT2D eigenvalue weighted by Gasteiger charge is -2.46. The number of carbonyl (C=O) groups excluding carboxylic acids is 1. The van der Waals surface area contributed by atoms with E-state index in [9.17, 15) is 13.6 Å². The van der Waals surface area contributed by atoms with E-state index < -0.39 is 5.82 Å². The van der Waals surface area contributed by atoms with Crippen LogP contribution in [0.2, 0.25) is 0 Å². The van der Waals surface area contributed by atoms with Crippen molar-refractivity contribution >= 4 is 17.5 Å². The Balaban J connectivity index is 1.59. The second-order valence-electron chi connectivity index (χ2n) is 6.91. The number of halogens is 2. The summed E-state index contributed by atoms with van der Waals surface area (Å²) in [6.45, 7) is 2.05. The van der Waals surface area contributed by atoms with Gasteiger partial charge in [-0.2, -0.15) is 0 Å². The van der Waals surface area contributed by atoms with E-state index in [-0.39, 0.29) is 23.8 Å². The zero-order valence-electron chi connectivity index (χ0n) is 14.4. The van der Waals surface area contributed by atoms with E-state index in [0.717, 1.165) is 18.8 Å². The lowest BCUT2D eigenvalue weighted by Crippen LogP contribution is -2.64. The fourth-order valence-electron chi connectivity index (χ4n) is 3.78. The van der Waals surface area contributed by atoms with E-state index in [0.29, 0.717) is 31.3 Å². The summed E-state index contributed by atoms with van der Waals surface area (Å²) >= 11 is 0. The Bertz CT molecular complexity index is 831. The van der Waals surface area contributed by atoms with Gasteiger partial charge < -0.3 is 9.80 Å². The first-order valence-corrected chi connectivity index (χ1v) is 8.47. The average Bonchev–Trinajstić information content (AvgIpc) is 3.04. The summed E-state index contributed by atoms with van der Waals surface area (Å²) in [4.78, 5) is 26.3. The molecule has 0 bridgehead atoms. The number of nitrogens with zero attached hydrogens (tertiary/aromatic N) is 5. The minimum absolute atomic E-state index is 0.0554. The third-order valence-electron chi connectivity index (χ3n) is 5.28. The van der Waals surface area contributed by atoms with Crippen LogP contribution in [0.5, 0.6) is 0 Å². The third kappa shape index (κ3) is 2.90. The Kier molecular flexibility index (Phi) is 4.07. The van der Waals surface area contributed by atoms with Crippen LogP contribution in [0.3, 0.4) is 0 Å². The molecule has 1 aromatic heterocycles. The number of hydrogen-bond acceptors (Lipinski definition) is 5. The average molecular weight is 359 g/mol. The van der Waals surface area contributed by atoms with Gasteiger partial charge in [0.15, 0.2) is 5.82 Å². The van der Waals surface area contributed by atoms with Crippen molar-refractivity contribution in [2.24, 2.45) is 0 Å². The Morgan fingerprint density at radius 2 is 1.88 bits per heavy atom. The maximum Gasteiger partial charge on any atom is 0.241 e. The molecule has 8 heteroatoms. The zero-order chi connectivity index (χ0) is 18.3. The van der Waals surface area contributed by atoms with Gasteiger partial charge in [0.25, 0.3) is 0 Å². The molecule has 0 saturated carbocycles. The van der Waals surface area contributed by atoms with Crippen molar-refractivity contribution in [2.45, 2.75) is 12.0 Å². The second kappa shape index (κ2) is 6.28. The summed E-state index contributed by atoms with van der Waals surface area (Å²) in [5.41, 5.74) is 0.289. The smallest absolute Gasteiger partial charge is 0.241 e. The number of piperazine rings is 1. The van der Waals surface area contributed by atoms with Crippen LogP contribution in [0.4, 0.5) is 20.4 Å². The maximum atomic E-state index is 13.6. The normalized spacial score (nSPS) is 23.9. The number of likely N-dealkylation sites (N-methyl/N-ethyl adjacent to an activating group) is 1. The first kappa shape index (κ1) is 16.8. The molecule has 0 radical (unpaired) electrons. The van der Waals surface area contributed by atoms with Gasteiger partial charge in [-0.15, -0.1) is 0 Å². The Labute approximate surface area is 150 Å². The van der Waals surface area contributed by atoms with Crippen LogP contribution >= 0.6 is 0 Å². The molecule has 6 nitrogen and oxygen atoms in total. The largest absolute Gasteiger partial charge is 0.339 e. The standard InChI is InChI=1S/C18H19F2N5O/c1-23-10-16(26)25(15-4-2-3-13(19)7-15)12-18(23)5-6-24(11-18)17-21-8-14(20)9-22-17/h2-4,7-9H,5-6,10-12H2,1H3/t18-/m0/s1. The quantitative estimate of drug-likeness (QED) is 0.817. The minimum Gasteiger partial charge on any atom is -0.339 e. The molecule has 2 saturated heterocycles. The van der Waals surface area contributed by atoms with Crippen molar-refractivity contribution in [3.63, 3.8) is 0 Å². The van der Waals surface area contributed by atoms with Gasteiger partial charge in [-0.05, 0) is 31.7 Å². The lowest BCUT2D eigenvalue weighted by molar-refractivity contribution is -0.123. The highest BCUT2D eigenvalue weighted by molar-refractivity contribution is 5.96. The molecule has 2 aliphatic rings. The fourth-order valence-corrected chi connectivity index (χ4v) is 3.78. The van der Waals surface area contributed by atoms with Gasteiger partial charge in [-0.1, -0.05) is 6.07 Å². The predicted octanol–water partition coefficient (Wildman–Crippen LogP) is 1.68. The minimum atomic E-state index is -0.472. The van der Waals surface area contributed by atoms with E-state index >= 15 is 0 Å². The van der Waals surface area contributed by atoms with Crippen LogP contribution in [0.1, 0.15) is 6.42 Å². The zero-order valence-corrected chi connectivity index (χ0v) is 14.4. The van der Waals surface area contributed by atoms with Gasteiger partial charge in [0.1, 0.15) is 5.82 Å². The van der Waals surface area contributed by atoms with Crippen molar-refractivity contribution in [3.8, 4) is 0 Å². The number of rotatable bonds is 2. The molecule has 2 aromatic rings. The highest BCUT2D eigenvalue weighted by atomic mass is 19.1. The van der Waals surface area contributed by atoms with Crippen LogP contribution < -0.4 is 9.80 Å². The van der Waals surface area contributed by atoms with Crippen LogP contribution in [0.25, 0.3) is 0 Å². The molecule has 136 valence electrons. The fraction of sp³-hybridized carbons (Fsp3) is 0.389. The van der Waals surface area contributed by atoms with E-state index in [2.05, 4.69) is 14.9 Å². The van der Waals surface area contributed by atoms with Crippen molar-refractivity contribution < 1.29 is 13.6 Å². The molecule has 3 heterocycles. The molecule has 26 heavy (non-hydrogen) atoms. The first-order valence-electron chi connectivity index (χ1n) is 8.47. The van der Waals surface area contributed by atoms with Crippen molar-refractivity contribution in [1.29, 1.82) is 0 Å². The van der Waals surface area contributed by atoms with Gasteiger partial charge in [-0.3, -0.25) is 9.69 Å². The van der Waals surface area contributed by atoms with E-state index in [4.69, 9.17) is 0 Å². The number of aromatic nitrogens is 2. The molecule has 2 aliphatic heterocycles. The lowest BCUT2D eigenvalue weighted by atomic mass is 9.92. The third-order valence-corrected chi connectivity index (χ3v) is 5.28. The molecule has 1 amide bonds. The van der Waals surface area contributed by atoms with Crippen LogP contribution in [-0.4, -0.2) is 59.5 Å². The number of benzene rings is 1. The highest BCUT2D eigenvalue weighted by Crippen LogP contribution is 2.34. The van der Waals surface area contributed by atoms with Crippen LogP contribution in [0, 0.1) is 11.6 Å². The monoisotopic (exact) mass is 359 g/mol. The van der Waals surface area contributed by atoms with Gasteiger partial charge in [0.05, 0.1) is 24.5 Å². The second-order valence-corrected chi connectivity index (χ2v) is 6.91. The summed E-state index contributed by atoms with van der Waals surface area (Å²) in [5.74, 6) is -0.414. The SMILES string of the molecule is CN1CC(=O)N(c2cccc(F)c2)C[C@@]12CCN(c1ncc(F)cn1)C2. The molecule has 2 fully saturated rings. The molecule has 0 N–H and O–H groups in total. The van der Waals surface area contributed by atoms with Crippen LogP contribution in [-0.2, 0) is 4.79 Å². The topological polar surface area (TPSA) is 52.6 Å². The van der Waals surface area contributed by atoms with Crippen LogP contribution in [0.15, 0.2) is 36.7 Å². The molecule has 0 aliphatic carbocycles. The summed E-state index contributed by atoms with van der Waals surface area (Å²) in [5, 5.41) is 0. The Morgan fingerprint density at radius 1 is 1.12 bits per heavy atom. The molecule has 4 rings (SSSR count). The van der Waals surface area contributed by atoms with E-state index in [1.165, 1.54) is 12.1 Å². The van der Waals surface area contributed by atoms with Gasteiger partial charge in [0.2, 0.25) is 11.9 Å². The van der Waals surface area contributed by atoms with E-state index in [1.54, 1.807) is 17.0 Å². The maximum absolute atomic E-state index is 13.6. The molecular weight excluding hydrogens is 340 g/mol. The molecular formula is C18H19F2N5O. The van der Waals surface area contributed by atoms with Gasteiger partial charge in [-0.25, -0.2) is 18.7 Å². The molecule has 1 aromatic carbocycles. The molecule has 1 atom stereocenters. The summed E-state index contributed by atoms with van der Waals surface area (Å²) in [6.07, 6.45) is 3.12.